The number of rotatable bonds is 22. The molecule has 2 unspecified atom stereocenters. The van der Waals surface area contributed by atoms with E-state index in [4.69, 9.17) is 10.5 Å². The number of nitrogens with zero attached hydrogens (tertiary/aromatic N) is 1. The minimum absolute atomic E-state index is 0.0189. The predicted octanol–water partition coefficient (Wildman–Crippen LogP) is 3.55. The molecule has 0 saturated carbocycles. The first-order valence-corrected chi connectivity index (χ1v) is 18.0. The Morgan fingerprint density at radius 2 is 1.62 bits per heavy atom. The van der Waals surface area contributed by atoms with Crippen molar-refractivity contribution in [3.05, 3.63) is 29.8 Å². The molecule has 13 nitrogen and oxygen atoms in total. The van der Waals surface area contributed by atoms with E-state index >= 15 is 0 Å². The van der Waals surface area contributed by atoms with Crippen LogP contribution in [0.3, 0.4) is 0 Å². The maximum Gasteiger partial charge on any atom is 0.403 e. The number of carbonyl (C=O) groups is 5. The topological polar surface area (TPSA) is 192 Å². The van der Waals surface area contributed by atoms with Crippen LogP contribution >= 0.6 is 0 Å². The fourth-order valence-electron chi connectivity index (χ4n) is 5.71. The Balaban J connectivity index is 2.06. The van der Waals surface area contributed by atoms with Gasteiger partial charge >= 0.3 is 12.1 Å². The van der Waals surface area contributed by atoms with Gasteiger partial charge in [-0.1, -0.05) is 66.5 Å². The van der Waals surface area contributed by atoms with Gasteiger partial charge in [-0.15, -0.1) is 0 Å². The molecule has 1 aliphatic rings. The molecule has 4 amide bonds. The molecule has 1 fully saturated rings. The monoisotopic (exact) mass is 742 g/mol. The van der Waals surface area contributed by atoms with Crippen LogP contribution in [0.4, 0.5) is 18.9 Å². The van der Waals surface area contributed by atoms with Gasteiger partial charge in [-0.3, -0.25) is 45.2 Å². The van der Waals surface area contributed by atoms with Gasteiger partial charge in [-0.05, 0) is 61.8 Å². The summed E-state index contributed by atoms with van der Waals surface area (Å²) in [6.07, 6.45) is -4.95. The number of hydrogen-bond acceptors (Lipinski definition) is 10. The molecule has 16 heteroatoms. The number of alkyl halides is 3. The molecule has 0 aliphatic carbocycles. The van der Waals surface area contributed by atoms with Gasteiger partial charge in [0.1, 0.15) is 18.7 Å². The molecule has 5 atom stereocenters. The molecule has 1 heterocycles. The summed E-state index contributed by atoms with van der Waals surface area (Å²) >= 11 is 0. The SMILES string of the molecule is CC(C)C(=O)OCc1ccc(NC(=O)[C@H](CCCNC(N)O)NC(=O)[C@@H](N[C@H](CCCCCN2C(=O)CC(C(C)C)C2=O)C(F)(F)F)C(C)C)cc1. The third-order valence-corrected chi connectivity index (χ3v) is 8.91. The Bertz CT molecular complexity index is 1320. The lowest BCUT2D eigenvalue weighted by molar-refractivity contribution is -0.161. The van der Waals surface area contributed by atoms with E-state index in [-0.39, 0.29) is 87.3 Å². The molecule has 1 aromatic rings. The van der Waals surface area contributed by atoms with Crippen LogP contribution in [0.5, 0.6) is 0 Å². The number of anilines is 1. The molecule has 0 radical (unpaired) electrons. The van der Waals surface area contributed by atoms with Crippen molar-refractivity contribution in [2.24, 2.45) is 29.4 Å². The number of halogens is 3. The number of nitrogens with two attached hydrogens (primary N) is 1. The van der Waals surface area contributed by atoms with Crippen molar-refractivity contribution >= 4 is 35.3 Å². The summed E-state index contributed by atoms with van der Waals surface area (Å²) in [5.41, 5.74) is 6.38. The van der Waals surface area contributed by atoms with Crippen molar-refractivity contribution in [3.63, 3.8) is 0 Å². The van der Waals surface area contributed by atoms with E-state index in [1.807, 2.05) is 13.8 Å². The first-order chi connectivity index (χ1) is 24.3. The molecule has 0 bridgehead atoms. The zero-order valence-electron chi connectivity index (χ0n) is 31.1. The number of imide groups is 1. The normalized spacial score (nSPS) is 17.4. The van der Waals surface area contributed by atoms with Gasteiger partial charge in [0.15, 0.2) is 6.35 Å². The minimum atomic E-state index is -4.68. The number of carbonyl (C=O) groups excluding carboxylic acids is 5. The van der Waals surface area contributed by atoms with Gasteiger partial charge < -0.3 is 20.5 Å². The van der Waals surface area contributed by atoms with Gasteiger partial charge in [0.05, 0.1) is 12.0 Å². The first-order valence-electron chi connectivity index (χ1n) is 18.0. The van der Waals surface area contributed by atoms with E-state index in [0.29, 0.717) is 24.1 Å². The molecule has 0 spiro atoms. The number of benzene rings is 1. The van der Waals surface area contributed by atoms with Crippen LogP contribution in [-0.4, -0.2) is 83.3 Å². The summed E-state index contributed by atoms with van der Waals surface area (Å²) in [4.78, 5) is 64.7. The van der Waals surface area contributed by atoms with Crippen LogP contribution in [-0.2, 0) is 35.3 Å². The van der Waals surface area contributed by atoms with E-state index in [0.717, 1.165) is 0 Å². The summed E-state index contributed by atoms with van der Waals surface area (Å²) in [6, 6.07) is 2.04. The Morgan fingerprint density at radius 1 is 0.962 bits per heavy atom. The lowest BCUT2D eigenvalue weighted by Gasteiger charge is -2.30. The highest BCUT2D eigenvalue weighted by Crippen LogP contribution is 2.28. The quantitative estimate of drug-likeness (QED) is 0.0443. The summed E-state index contributed by atoms with van der Waals surface area (Å²) < 4.78 is 47.9. The van der Waals surface area contributed by atoms with Gasteiger partial charge in [0.2, 0.25) is 23.6 Å². The fourth-order valence-corrected chi connectivity index (χ4v) is 5.71. The van der Waals surface area contributed by atoms with E-state index in [9.17, 15) is 42.3 Å². The maximum absolute atomic E-state index is 14.2. The molecular formula is C36H57F3N6O7. The first kappa shape index (κ1) is 44.6. The molecule has 2 rings (SSSR count). The largest absolute Gasteiger partial charge is 0.461 e. The number of aliphatic hydroxyl groups is 1. The number of unbranched alkanes of at least 4 members (excludes halogenated alkanes) is 2. The highest BCUT2D eigenvalue weighted by molar-refractivity contribution is 6.03. The summed E-state index contributed by atoms with van der Waals surface area (Å²) in [5, 5.41) is 19.7. The summed E-state index contributed by atoms with van der Waals surface area (Å²) in [6.45, 7) is 10.8. The van der Waals surface area contributed by atoms with Crippen LogP contribution in [0.25, 0.3) is 0 Å². The molecule has 294 valence electrons. The van der Waals surface area contributed by atoms with E-state index in [1.54, 1.807) is 52.0 Å². The maximum atomic E-state index is 14.2. The third kappa shape index (κ3) is 14.8. The number of likely N-dealkylation sites (tertiary alicyclic amines) is 1. The van der Waals surface area contributed by atoms with Crippen LogP contribution < -0.4 is 27.0 Å². The Kier molecular flexibility index (Phi) is 18.2. The average molecular weight is 743 g/mol. The molecule has 1 aliphatic heterocycles. The van der Waals surface area contributed by atoms with Crippen LogP contribution in [0, 0.1) is 23.7 Å². The van der Waals surface area contributed by atoms with Crippen molar-refractivity contribution in [2.75, 3.05) is 18.4 Å². The van der Waals surface area contributed by atoms with Crippen molar-refractivity contribution in [3.8, 4) is 0 Å². The van der Waals surface area contributed by atoms with E-state index in [1.165, 1.54) is 4.90 Å². The number of ether oxygens (including phenoxy) is 1. The van der Waals surface area contributed by atoms with Gasteiger partial charge in [-0.25, -0.2) is 0 Å². The predicted molar refractivity (Wildman–Crippen MR) is 189 cm³/mol. The van der Waals surface area contributed by atoms with Gasteiger partial charge in [0.25, 0.3) is 0 Å². The molecule has 1 aromatic carbocycles. The highest BCUT2D eigenvalue weighted by Gasteiger charge is 2.43. The number of aliphatic hydroxyl groups excluding tert-OH is 1. The molecule has 1 saturated heterocycles. The van der Waals surface area contributed by atoms with Crippen molar-refractivity contribution in [2.45, 2.75) is 124 Å². The standard InChI is InChI=1S/C36H57F3N6O7/c1-21(2)26-19-29(46)45(33(26)49)18-9-7-8-12-28(36(37,38)39)44-30(22(3)4)32(48)43-27(11-10-17-41-35(40)51)31(47)42-25-15-13-24(14-16-25)20-52-34(50)23(5)6/h13-16,21-23,26-28,30,35,41,44,51H,7-12,17-20,40H2,1-6H3,(H,42,47)(H,43,48)/t26?,27-,28+,30-,35?/m0/s1. The van der Waals surface area contributed by atoms with E-state index < -0.39 is 48.4 Å². The molecule has 52 heavy (non-hydrogen) atoms. The number of amides is 4. The second-order valence-electron chi connectivity index (χ2n) is 14.3. The van der Waals surface area contributed by atoms with Crippen LogP contribution in [0.1, 0.15) is 92.1 Å². The third-order valence-electron chi connectivity index (χ3n) is 8.91. The van der Waals surface area contributed by atoms with Gasteiger partial charge in [0, 0.05) is 24.6 Å². The Morgan fingerprint density at radius 3 is 2.15 bits per heavy atom. The minimum Gasteiger partial charge on any atom is -0.461 e. The number of nitrogens with one attached hydrogen (secondary N) is 4. The second kappa shape index (κ2) is 21.2. The zero-order chi connectivity index (χ0) is 39.2. The van der Waals surface area contributed by atoms with Gasteiger partial charge in [-0.2, -0.15) is 13.2 Å². The second-order valence-corrected chi connectivity index (χ2v) is 14.3. The molecule has 7 N–H and O–H groups in total. The van der Waals surface area contributed by atoms with Crippen molar-refractivity contribution < 1.29 is 47.0 Å². The lowest BCUT2D eigenvalue weighted by atomic mass is 9.94. The molecule has 0 aromatic heterocycles. The molecular weight excluding hydrogens is 685 g/mol. The summed E-state index contributed by atoms with van der Waals surface area (Å²) in [5.74, 6) is -3.46. The van der Waals surface area contributed by atoms with Crippen molar-refractivity contribution in [1.82, 2.24) is 20.9 Å². The van der Waals surface area contributed by atoms with Crippen molar-refractivity contribution in [1.29, 1.82) is 0 Å². The zero-order valence-corrected chi connectivity index (χ0v) is 31.1. The van der Waals surface area contributed by atoms with Crippen LogP contribution in [0.2, 0.25) is 0 Å². The Hall–Kier alpha value is -3.60. The smallest absolute Gasteiger partial charge is 0.403 e. The highest BCUT2D eigenvalue weighted by atomic mass is 19.4. The van der Waals surface area contributed by atoms with Crippen LogP contribution in [0.15, 0.2) is 24.3 Å². The fraction of sp³-hybridized carbons (Fsp3) is 0.694. The lowest BCUT2D eigenvalue weighted by Crippen LogP contribution is -2.58. The summed E-state index contributed by atoms with van der Waals surface area (Å²) in [7, 11) is 0. The van der Waals surface area contributed by atoms with E-state index in [2.05, 4.69) is 21.3 Å². The number of hydrogen-bond donors (Lipinski definition) is 6. The number of esters is 1. The Labute approximate surface area is 304 Å². The average Bonchev–Trinajstić information content (AvgIpc) is 3.34.